The molecule has 2 rings (SSSR count). The van der Waals surface area contributed by atoms with Crippen LogP contribution in [-0.4, -0.2) is 17.6 Å². The number of esters is 1. The van der Waals surface area contributed by atoms with E-state index in [-0.39, 0.29) is 12.3 Å². The van der Waals surface area contributed by atoms with Crippen molar-refractivity contribution in [1.82, 2.24) is 4.98 Å². The third-order valence-corrected chi connectivity index (χ3v) is 2.08. The molecule has 0 amide bonds. The lowest BCUT2D eigenvalue weighted by Gasteiger charge is -2.01. The molecule has 0 saturated carbocycles. The molecule has 78 valence electrons. The predicted octanol–water partition coefficient (Wildman–Crippen LogP) is 1.92. The van der Waals surface area contributed by atoms with Crippen molar-refractivity contribution in [3.05, 3.63) is 42.1 Å². The number of benzene rings is 1. The number of carbonyl (C=O) groups excluding carboxylic acids is 1. The monoisotopic (exact) mass is 212 g/mol. The average Bonchev–Trinajstić information content (AvgIpc) is 2.35. The van der Waals surface area contributed by atoms with Crippen LogP contribution in [0.25, 0.3) is 10.9 Å². The lowest BCUT2D eigenvalue weighted by molar-refractivity contribution is 0.0548. The maximum atomic E-state index is 11.4. The summed E-state index contributed by atoms with van der Waals surface area (Å²) in [6, 6.07) is 12.6. The van der Waals surface area contributed by atoms with Gasteiger partial charge in [0.1, 0.15) is 11.8 Å². The quantitative estimate of drug-likeness (QED) is 0.713. The number of nitrogens with zero attached hydrogens (tertiary/aromatic N) is 2. The van der Waals surface area contributed by atoms with Crippen LogP contribution >= 0.6 is 0 Å². The Balaban J connectivity index is 2.33. The smallest absolute Gasteiger partial charge is 0.357 e. The summed E-state index contributed by atoms with van der Waals surface area (Å²) in [6.07, 6.45) is 0. The van der Waals surface area contributed by atoms with Gasteiger partial charge in [-0.2, -0.15) is 5.26 Å². The molecule has 1 aromatic carbocycles. The number of nitriles is 1. The van der Waals surface area contributed by atoms with Crippen molar-refractivity contribution in [2.75, 3.05) is 6.61 Å². The number of ether oxygens (including phenoxy) is 1. The minimum absolute atomic E-state index is 0.217. The fraction of sp³-hybridized carbons (Fsp3) is 0.0833. The highest BCUT2D eigenvalue weighted by Gasteiger charge is 2.08. The lowest BCUT2D eigenvalue weighted by atomic mass is 10.2. The van der Waals surface area contributed by atoms with E-state index in [1.54, 1.807) is 18.2 Å². The molecular formula is C12H8N2O2. The largest absolute Gasteiger partial charge is 0.446 e. The molecule has 0 radical (unpaired) electrons. The van der Waals surface area contributed by atoms with Crippen LogP contribution in [0, 0.1) is 11.3 Å². The molecular weight excluding hydrogens is 204 g/mol. The van der Waals surface area contributed by atoms with E-state index >= 15 is 0 Å². The van der Waals surface area contributed by atoms with E-state index in [9.17, 15) is 4.79 Å². The fourth-order valence-electron chi connectivity index (χ4n) is 1.35. The van der Waals surface area contributed by atoms with Gasteiger partial charge in [-0.3, -0.25) is 0 Å². The molecule has 0 aliphatic carbocycles. The average molecular weight is 212 g/mol. The normalized spacial score (nSPS) is 9.69. The zero-order valence-electron chi connectivity index (χ0n) is 8.38. The highest BCUT2D eigenvalue weighted by atomic mass is 16.5. The number of hydrogen-bond donors (Lipinski definition) is 0. The van der Waals surface area contributed by atoms with Crippen LogP contribution in [0.15, 0.2) is 36.4 Å². The van der Waals surface area contributed by atoms with Crippen LogP contribution in [0.5, 0.6) is 0 Å². The SMILES string of the molecule is N#CCOC(=O)c1ccc2ccccc2n1. The van der Waals surface area contributed by atoms with Gasteiger partial charge in [0.05, 0.1) is 5.52 Å². The molecule has 0 bridgehead atoms. The molecule has 0 fully saturated rings. The minimum atomic E-state index is -0.577. The van der Waals surface area contributed by atoms with Gasteiger partial charge in [-0.25, -0.2) is 9.78 Å². The van der Waals surface area contributed by atoms with Crippen molar-refractivity contribution in [3.8, 4) is 6.07 Å². The number of aromatic nitrogens is 1. The maximum Gasteiger partial charge on any atom is 0.357 e. The van der Waals surface area contributed by atoms with Crippen molar-refractivity contribution < 1.29 is 9.53 Å². The number of rotatable bonds is 2. The molecule has 1 heterocycles. The Labute approximate surface area is 92.1 Å². The fourth-order valence-corrected chi connectivity index (χ4v) is 1.35. The number of fused-ring (bicyclic) bond motifs is 1. The Morgan fingerprint density at radius 3 is 2.94 bits per heavy atom. The molecule has 0 unspecified atom stereocenters. The van der Waals surface area contributed by atoms with E-state index in [4.69, 9.17) is 5.26 Å². The molecule has 0 aliphatic heterocycles. The standard InChI is InChI=1S/C12H8N2O2/c13-7-8-16-12(15)11-6-5-9-3-1-2-4-10(9)14-11/h1-6H,8H2. The molecule has 0 atom stereocenters. The van der Waals surface area contributed by atoms with Crippen LogP contribution < -0.4 is 0 Å². The van der Waals surface area contributed by atoms with Crippen molar-refractivity contribution in [3.63, 3.8) is 0 Å². The minimum Gasteiger partial charge on any atom is -0.446 e. The van der Waals surface area contributed by atoms with E-state index in [1.807, 2.05) is 24.3 Å². The van der Waals surface area contributed by atoms with Crippen molar-refractivity contribution in [2.45, 2.75) is 0 Å². The molecule has 0 spiro atoms. The first-order chi connectivity index (χ1) is 7.81. The van der Waals surface area contributed by atoms with Crippen LogP contribution in [0.3, 0.4) is 0 Å². The predicted molar refractivity (Wildman–Crippen MR) is 57.6 cm³/mol. The first-order valence-electron chi connectivity index (χ1n) is 4.71. The second-order valence-electron chi connectivity index (χ2n) is 3.12. The molecule has 0 N–H and O–H groups in total. The highest BCUT2D eigenvalue weighted by Crippen LogP contribution is 2.12. The van der Waals surface area contributed by atoms with E-state index in [0.29, 0.717) is 0 Å². The van der Waals surface area contributed by atoms with Crippen molar-refractivity contribution >= 4 is 16.9 Å². The Morgan fingerprint density at radius 1 is 1.31 bits per heavy atom. The maximum absolute atomic E-state index is 11.4. The first-order valence-corrected chi connectivity index (χ1v) is 4.71. The van der Waals surface area contributed by atoms with Crippen LogP contribution in [0.4, 0.5) is 0 Å². The Morgan fingerprint density at radius 2 is 2.12 bits per heavy atom. The van der Waals surface area contributed by atoms with Gasteiger partial charge in [0.15, 0.2) is 6.61 Å². The lowest BCUT2D eigenvalue weighted by Crippen LogP contribution is -2.07. The third kappa shape index (κ3) is 1.98. The van der Waals surface area contributed by atoms with Gasteiger partial charge in [-0.05, 0) is 12.1 Å². The summed E-state index contributed by atoms with van der Waals surface area (Å²) < 4.78 is 4.66. The summed E-state index contributed by atoms with van der Waals surface area (Å²) in [6.45, 7) is -0.257. The summed E-state index contributed by atoms with van der Waals surface area (Å²) in [5.74, 6) is -0.577. The number of pyridine rings is 1. The van der Waals surface area contributed by atoms with Crippen molar-refractivity contribution in [1.29, 1.82) is 5.26 Å². The summed E-state index contributed by atoms with van der Waals surface area (Å²) in [5, 5.41) is 9.24. The molecule has 16 heavy (non-hydrogen) atoms. The second-order valence-corrected chi connectivity index (χ2v) is 3.12. The van der Waals surface area contributed by atoms with Gasteiger partial charge in [0.25, 0.3) is 0 Å². The number of carbonyl (C=O) groups is 1. The molecule has 4 heteroatoms. The molecule has 2 aromatic rings. The van der Waals surface area contributed by atoms with E-state index in [0.717, 1.165) is 10.9 Å². The Kier molecular flexibility index (Phi) is 2.79. The summed E-state index contributed by atoms with van der Waals surface area (Å²) >= 11 is 0. The van der Waals surface area contributed by atoms with Crippen molar-refractivity contribution in [2.24, 2.45) is 0 Å². The third-order valence-electron chi connectivity index (χ3n) is 2.08. The van der Waals surface area contributed by atoms with Gasteiger partial charge in [0.2, 0.25) is 0 Å². The highest BCUT2D eigenvalue weighted by molar-refractivity contribution is 5.91. The van der Waals surface area contributed by atoms with Gasteiger partial charge in [0, 0.05) is 5.39 Å². The molecule has 0 aliphatic rings. The summed E-state index contributed by atoms with van der Waals surface area (Å²) in [7, 11) is 0. The second kappa shape index (κ2) is 4.41. The zero-order valence-corrected chi connectivity index (χ0v) is 8.38. The topological polar surface area (TPSA) is 63.0 Å². The number of hydrogen-bond acceptors (Lipinski definition) is 4. The zero-order chi connectivity index (χ0) is 11.4. The van der Waals surface area contributed by atoms with E-state index in [1.165, 1.54) is 0 Å². The van der Waals surface area contributed by atoms with Gasteiger partial charge in [-0.1, -0.05) is 24.3 Å². The Bertz CT molecular complexity index is 572. The molecule has 0 saturated heterocycles. The molecule has 4 nitrogen and oxygen atoms in total. The number of para-hydroxylation sites is 1. The first kappa shape index (κ1) is 10.1. The van der Waals surface area contributed by atoms with Gasteiger partial charge >= 0.3 is 5.97 Å². The summed E-state index contributed by atoms with van der Waals surface area (Å²) in [5.41, 5.74) is 0.947. The van der Waals surface area contributed by atoms with Crippen LogP contribution in [0.1, 0.15) is 10.5 Å². The van der Waals surface area contributed by atoms with Gasteiger partial charge in [-0.15, -0.1) is 0 Å². The van der Waals surface area contributed by atoms with E-state index in [2.05, 4.69) is 9.72 Å². The van der Waals surface area contributed by atoms with Crippen LogP contribution in [0.2, 0.25) is 0 Å². The van der Waals surface area contributed by atoms with Gasteiger partial charge < -0.3 is 4.74 Å². The van der Waals surface area contributed by atoms with Crippen LogP contribution in [-0.2, 0) is 4.74 Å². The summed E-state index contributed by atoms with van der Waals surface area (Å²) in [4.78, 5) is 15.6. The van der Waals surface area contributed by atoms with E-state index < -0.39 is 5.97 Å². The molecule has 1 aromatic heterocycles. The Hall–Kier alpha value is -2.41.